The maximum absolute atomic E-state index is 12.8. The van der Waals surface area contributed by atoms with E-state index in [0.717, 1.165) is 23.3 Å². The zero-order valence-electron chi connectivity index (χ0n) is 18.7. The summed E-state index contributed by atoms with van der Waals surface area (Å²) in [6.45, 7) is 5.77. The van der Waals surface area contributed by atoms with Crippen LogP contribution in [0.5, 0.6) is 11.5 Å². The second-order valence-corrected chi connectivity index (χ2v) is 9.16. The Kier molecular flexibility index (Phi) is 7.39. The average Bonchev–Trinajstić information content (AvgIpc) is 3.00. The monoisotopic (exact) mass is 468 g/mol. The van der Waals surface area contributed by atoms with Gasteiger partial charge in [0.1, 0.15) is 0 Å². The number of H-pyrrole nitrogens is 1. The van der Waals surface area contributed by atoms with Crippen molar-refractivity contribution in [2.75, 3.05) is 19.0 Å². The van der Waals surface area contributed by atoms with Crippen LogP contribution in [0.25, 0.3) is 0 Å². The SMILES string of the molecule is CC(C)[C@@H](NC(=O)CSc1n[nH]c(=O)n1Cc1ccccc1)c1ccc2c(c1)OCCCO2. The van der Waals surface area contributed by atoms with Crippen molar-refractivity contribution in [2.24, 2.45) is 5.92 Å². The van der Waals surface area contributed by atoms with Gasteiger partial charge in [-0.15, -0.1) is 5.10 Å². The standard InChI is InChI=1S/C24H28N4O4S/c1-16(2)22(18-9-10-19-20(13-18)32-12-6-11-31-19)25-21(29)15-33-24-27-26-23(30)28(24)14-17-7-4-3-5-8-17/h3-5,7-10,13,16,22H,6,11-12,14-15H2,1-2H3,(H,25,29)(H,26,30)/t22-/m1/s1. The summed E-state index contributed by atoms with van der Waals surface area (Å²) >= 11 is 1.23. The third kappa shape index (κ3) is 5.78. The first-order valence-electron chi connectivity index (χ1n) is 11.0. The van der Waals surface area contributed by atoms with E-state index in [-0.39, 0.29) is 29.3 Å². The normalized spacial score (nSPS) is 14.0. The van der Waals surface area contributed by atoms with Gasteiger partial charge in [-0.3, -0.25) is 9.36 Å². The van der Waals surface area contributed by atoms with Crippen LogP contribution in [0.2, 0.25) is 0 Å². The number of aromatic nitrogens is 3. The molecule has 0 unspecified atom stereocenters. The molecule has 0 saturated heterocycles. The summed E-state index contributed by atoms with van der Waals surface area (Å²) in [4.78, 5) is 25.0. The van der Waals surface area contributed by atoms with E-state index < -0.39 is 0 Å². The summed E-state index contributed by atoms with van der Waals surface area (Å²) in [5.74, 6) is 1.63. The first-order chi connectivity index (χ1) is 16.0. The highest BCUT2D eigenvalue weighted by Crippen LogP contribution is 2.34. The van der Waals surface area contributed by atoms with E-state index >= 15 is 0 Å². The molecule has 4 rings (SSSR count). The molecule has 0 aliphatic carbocycles. The molecule has 1 aromatic heterocycles. The number of carbonyl (C=O) groups excluding carboxylic acids is 1. The molecule has 8 nitrogen and oxygen atoms in total. The van der Waals surface area contributed by atoms with Crippen LogP contribution < -0.4 is 20.5 Å². The number of amides is 1. The molecule has 0 fully saturated rings. The van der Waals surface area contributed by atoms with E-state index in [1.165, 1.54) is 16.3 Å². The third-order valence-corrected chi connectivity index (χ3v) is 6.33. The quantitative estimate of drug-likeness (QED) is 0.492. The highest BCUT2D eigenvalue weighted by molar-refractivity contribution is 7.99. The number of carbonyl (C=O) groups is 1. The highest BCUT2D eigenvalue weighted by atomic mass is 32.2. The number of hydrogen-bond acceptors (Lipinski definition) is 6. The van der Waals surface area contributed by atoms with Crippen LogP contribution in [0.4, 0.5) is 0 Å². The van der Waals surface area contributed by atoms with E-state index in [2.05, 4.69) is 29.4 Å². The molecule has 1 atom stereocenters. The molecule has 9 heteroatoms. The molecule has 1 amide bonds. The molecule has 0 spiro atoms. The van der Waals surface area contributed by atoms with Crippen LogP contribution in [0.1, 0.15) is 37.4 Å². The van der Waals surface area contributed by atoms with Crippen LogP contribution >= 0.6 is 11.8 Å². The number of hydrogen-bond donors (Lipinski definition) is 2. The molecular weight excluding hydrogens is 440 g/mol. The van der Waals surface area contributed by atoms with Gasteiger partial charge >= 0.3 is 5.69 Å². The Balaban J connectivity index is 1.42. The van der Waals surface area contributed by atoms with Gasteiger partial charge in [0.15, 0.2) is 16.7 Å². The minimum Gasteiger partial charge on any atom is -0.490 e. The maximum atomic E-state index is 12.8. The third-order valence-electron chi connectivity index (χ3n) is 5.35. The van der Waals surface area contributed by atoms with Gasteiger partial charge in [-0.1, -0.05) is 62.0 Å². The molecule has 1 aliphatic rings. The number of aromatic amines is 1. The van der Waals surface area contributed by atoms with Crippen LogP contribution in [-0.2, 0) is 11.3 Å². The Bertz CT molecular complexity index is 1140. The summed E-state index contributed by atoms with van der Waals surface area (Å²) in [7, 11) is 0. The van der Waals surface area contributed by atoms with E-state index in [1.807, 2.05) is 48.5 Å². The first kappa shape index (κ1) is 23.0. The number of benzene rings is 2. The number of nitrogens with one attached hydrogen (secondary N) is 2. The van der Waals surface area contributed by atoms with Gasteiger partial charge < -0.3 is 14.8 Å². The van der Waals surface area contributed by atoms with Crippen molar-refractivity contribution in [3.8, 4) is 11.5 Å². The second-order valence-electron chi connectivity index (χ2n) is 8.22. The van der Waals surface area contributed by atoms with Crippen molar-refractivity contribution in [2.45, 2.75) is 38.0 Å². The molecule has 1 aliphatic heterocycles. The number of rotatable bonds is 8. The number of nitrogens with zero attached hydrogens (tertiary/aromatic N) is 2. The Morgan fingerprint density at radius 2 is 1.91 bits per heavy atom. The van der Waals surface area contributed by atoms with E-state index in [1.54, 1.807) is 0 Å². The van der Waals surface area contributed by atoms with E-state index in [9.17, 15) is 9.59 Å². The number of thioether (sulfide) groups is 1. The van der Waals surface area contributed by atoms with Crippen molar-refractivity contribution in [1.82, 2.24) is 20.1 Å². The van der Waals surface area contributed by atoms with Gasteiger partial charge in [-0.05, 0) is 29.2 Å². The molecule has 2 aromatic carbocycles. The predicted octanol–water partition coefficient (Wildman–Crippen LogP) is 3.39. The van der Waals surface area contributed by atoms with Crippen molar-refractivity contribution >= 4 is 17.7 Å². The van der Waals surface area contributed by atoms with Gasteiger partial charge in [0.2, 0.25) is 5.91 Å². The fourth-order valence-electron chi connectivity index (χ4n) is 3.67. The summed E-state index contributed by atoms with van der Waals surface area (Å²) < 4.78 is 13.1. The molecule has 2 N–H and O–H groups in total. The van der Waals surface area contributed by atoms with Crippen molar-refractivity contribution in [1.29, 1.82) is 0 Å². The Morgan fingerprint density at radius 3 is 2.67 bits per heavy atom. The summed E-state index contributed by atoms with van der Waals surface area (Å²) in [5, 5.41) is 10.2. The topological polar surface area (TPSA) is 98.2 Å². The smallest absolute Gasteiger partial charge is 0.344 e. The maximum Gasteiger partial charge on any atom is 0.344 e. The molecule has 0 radical (unpaired) electrons. The zero-order chi connectivity index (χ0) is 23.2. The number of fused-ring (bicyclic) bond motifs is 1. The largest absolute Gasteiger partial charge is 0.490 e. The van der Waals surface area contributed by atoms with Crippen LogP contribution in [0.3, 0.4) is 0 Å². The molecule has 0 saturated carbocycles. The fraction of sp³-hybridized carbons (Fsp3) is 0.375. The van der Waals surface area contributed by atoms with E-state index in [0.29, 0.717) is 30.7 Å². The molecule has 3 aromatic rings. The lowest BCUT2D eigenvalue weighted by Crippen LogP contribution is -2.33. The van der Waals surface area contributed by atoms with Gasteiger partial charge in [0, 0.05) is 6.42 Å². The summed E-state index contributed by atoms with van der Waals surface area (Å²) in [6.07, 6.45) is 0.841. The van der Waals surface area contributed by atoms with Crippen LogP contribution in [0, 0.1) is 5.92 Å². The summed E-state index contributed by atoms with van der Waals surface area (Å²) in [5.41, 5.74) is 1.66. The van der Waals surface area contributed by atoms with Crippen molar-refractivity contribution < 1.29 is 14.3 Å². The lowest BCUT2D eigenvalue weighted by molar-refractivity contribution is -0.119. The van der Waals surface area contributed by atoms with Gasteiger partial charge in [-0.25, -0.2) is 9.89 Å². The summed E-state index contributed by atoms with van der Waals surface area (Å²) in [6, 6.07) is 15.3. The van der Waals surface area contributed by atoms with Crippen LogP contribution in [0.15, 0.2) is 58.5 Å². The lowest BCUT2D eigenvalue weighted by atomic mass is 9.95. The first-order valence-corrected chi connectivity index (χ1v) is 12.0. The minimum atomic E-state index is -0.297. The number of ether oxygens (including phenoxy) is 2. The van der Waals surface area contributed by atoms with Crippen molar-refractivity contribution in [3.63, 3.8) is 0 Å². The zero-order valence-corrected chi connectivity index (χ0v) is 19.6. The highest BCUT2D eigenvalue weighted by Gasteiger charge is 2.22. The van der Waals surface area contributed by atoms with Crippen molar-refractivity contribution in [3.05, 3.63) is 70.1 Å². The average molecular weight is 469 g/mol. The van der Waals surface area contributed by atoms with Gasteiger partial charge in [0.25, 0.3) is 0 Å². The second kappa shape index (κ2) is 10.6. The van der Waals surface area contributed by atoms with Gasteiger partial charge in [0.05, 0.1) is 31.6 Å². The molecular formula is C24H28N4O4S. The molecule has 33 heavy (non-hydrogen) atoms. The minimum absolute atomic E-state index is 0.132. The molecule has 174 valence electrons. The molecule has 2 heterocycles. The Labute approximate surface area is 196 Å². The van der Waals surface area contributed by atoms with E-state index in [4.69, 9.17) is 9.47 Å². The predicted molar refractivity (Wildman–Crippen MR) is 127 cm³/mol. The lowest BCUT2D eigenvalue weighted by Gasteiger charge is -2.24. The fourth-order valence-corrected chi connectivity index (χ4v) is 4.43. The van der Waals surface area contributed by atoms with Crippen LogP contribution in [-0.4, -0.2) is 39.6 Å². The molecule has 0 bridgehead atoms. The Hall–Kier alpha value is -3.20. The Morgan fingerprint density at radius 1 is 1.15 bits per heavy atom. The van der Waals surface area contributed by atoms with Gasteiger partial charge in [-0.2, -0.15) is 0 Å².